The number of primary amides is 1. The highest BCUT2D eigenvalue weighted by atomic mass is 16.4. The van der Waals surface area contributed by atoms with E-state index >= 15 is 0 Å². The lowest BCUT2D eigenvalue weighted by atomic mass is 9.89. The molecule has 0 heterocycles. The van der Waals surface area contributed by atoms with Crippen LogP contribution in [0.5, 0.6) is 0 Å². The molecule has 3 unspecified atom stereocenters. The van der Waals surface area contributed by atoms with Crippen LogP contribution >= 0.6 is 0 Å². The molecule has 0 spiro atoms. The molecule has 1 rings (SSSR count). The van der Waals surface area contributed by atoms with Crippen LogP contribution in [0.25, 0.3) is 0 Å². The molecule has 0 radical (unpaired) electrons. The highest BCUT2D eigenvalue weighted by Gasteiger charge is 2.39. The number of carboxylic acid groups (broad SMARTS) is 1. The van der Waals surface area contributed by atoms with E-state index in [9.17, 15) is 14.7 Å². The number of hydrogen-bond donors (Lipinski definition) is 4. The molecule has 0 aliphatic heterocycles. The second kappa shape index (κ2) is 5.11. The molecule has 17 heavy (non-hydrogen) atoms. The van der Waals surface area contributed by atoms with Gasteiger partial charge in [-0.3, -0.25) is 9.59 Å². The normalized spacial score (nSPS) is 28.9. The van der Waals surface area contributed by atoms with Crippen molar-refractivity contribution in [1.82, 2.24) is 5.32 Å². The van der Waals surface area contributed by atoms with Crippen molar-refractivity contribution in [3.8, 4) is 0 Å². The third-order valence-electron chi connectivity index (χ3n) is 2.70. The first kappa shape index (κ1) is 13.4. The largest absolute Gasteiger partial charge is 0.481 e. The zero-order valence-corrected chi connectivity index (χ0v) is 9.46. The van der Waals surface area contributed by atoms with E-state index in [1.54, 1.807) is 12.2 Å². The summed E-state index contributed by atoms with van der Waals surface area (Å²) in [4.78, 5) is 21.8. The summed E-state index contributed by atoms with van der Waals surface area (Å²) in [6, 6.07) is -0.716. The molecule has 0 aromatic carbocycles. The molecule has 94 valence electrons. The van der Waals surface area contributed by atoms with Crippen molar-refractivity contribution in [3.05, 3.63) is 24.3 Å². The molecule has 5 N–H and O–H groups in total. The van der Waals surface area contributed by atoms with E-state index in [2.05, 4.69) is 5.32 Å². The van der Waals surface area contributed by atoms with Crippen LogP contribution in [0.4, 0.5) is 0 Å². The van der Waals surface area contributed by atoms with Crippen LogP contribution in [0.1, 0.15) is 6.92 Å². The molecule has 3 atom stereocenters. The number of aliphatic carboxylic acids is 1. The first-order chi connectivity index (χ1) is 7.88. The van der Waals surface area contributed by atoms with E-state index in [4.69, 9.17) is 10.8 Å². The summed E-state index contributed by atoms with van der Waals surface area (Å²) < 4.78 is 0. The fourth-order valence-electron chi connectivity index (χ4n) is 1.48. The van der Waals surface area contributed by atoms with Crippen LogP contribution in [-0.4, -0.2) is 40.3 Å². The number of carbonyl (C=O) groups is 2. The zero-order valence-electron chi connectivity index (χ0n) is 9.46. The lowest BCUT2D eigenvalue weighted by Gasteiger charge is -2.31. The molecule has 1 aliphatic rings. The lowest BCUT2D eigenvalue weighted by molar-refractivity contribution is -0.141. The summed E-state index contributed by atoms with van der Waals surface area (Å²) in [5.74, 6) is -2.44. The van der Waals surface area contributed by atoms with Crippen LogP contribution in [0.2, 0.25) is 0 Å². The molecule has 0 aromatic rings. The molecule has 0 saturated carbocycles. The molecular weight excluding hydrogens is 224 g/mol. The first-order valence-electron chi connectivity index (χ1n) is 5.22. The third-order valence-corrected chi connectivity index (χ3v) is 2.70. The van der Waals surface area contributed by atoms with E-state index in [1.807, 2.05) is 0 Å². The second-order valence-corrected chi connectivity index (χ2v) is 4.06. The topological polar surface area (TPSA) is 113 Å². The van der Waals surface area contributed by atoms with Crippen molar-refractivity contribution in [2.45, 2.75) is 18.6 Å². The number of rotatable bonds is 5. The number of nitrogens with one attached hydrogen (secondary N) is 1. The molecule has 1 amide bonds. The number of hydrogen-bond acceptors (Lipinski definition) is 4. The standard InChI is InChI=1S/C11H16N2O4/c1-7(9(14)15)6-13-8-4-2-3-5-11(8,17)10(12)16/h2-5,7-8,13,17H,6H2,1H3,(H2,12,16)(H,14,15). The molecule has 0 bridgehead atoms. The number of allylic oxidation sites excluding steroid dienone is 2. The Kier molecular flexibility index (Phi) is 4.03. The summed E-state index contributed by atoms with van der Waals surface area (Å²) >= 11 is 0. The quantitative estimate of drug-likeness (QED) is 0.492. The fraction of sp³-hybridized carbons (Fsp3) is 0.455. The Morgan fingerprint density at radius 2 is 2.18 bits per heavy atom. The van der Waals surface area contributed by atoms with Gasteiger partial charge in [0.15, 0.2) is 5.60 Å². The minimum Gasteiger partial charge on any atom is -0.481 e. The lowest BCUT2D eigenvalue weighted by Crippen LogP contribution is -2.58. The zero-order chi connectivity index (χ0) is 13.1. The van der Waals surface area contributed by atoms with Crippen LogP contribution < -0.4 is 11.1 Å². The minimum absolute atomic E-state index is 0.133. The Morgan fingerprint density at radius 1 is 1.53 bits per heavy atom. The predicted molar refractivity (Wildman–Crippen MR) is 61.0 cm³/mol. The van der Waals surface area contributed by atoms with Gasteiger partial charge in [0.1, 0.15) is 0 Å². The van der Waals surface area contributed by atoms with Gasteiger partial charge in [-0.15, -0.1) is 0 Å². The van der Waals surface area contributed by atoms with Crippen LogP contribution in [0, 0.1) is 5.92 Å². The molecule has 0 aromatic heterocycles. The third kappa shape index (κ3) is 2.92. The highest BCUT2D eigenvalue weighted by molar-refractivity contribution is 5.87. The van der Waals surface area contributed by atoms with Crippen molar-refractivity contribution < 1.29 is 19.8 Å². The summed E-state index contributed by atoms with van der Waals surface area (Å²) in [5.41, 5.74) is 3.32. The SMILES string of the molecule is CC(CNC1C=CC=CC1(O)C(N)=O)C(=O)O. The first-order valence-corrected chi connectivity index (χ1v) is 5.22. The minimum atomic E-state index is -1.81. The van der Waals surface area contributed by atoms with E-state index in [1.165, 1.54) is 19.1 Å². The fourth-order valence-corrected chi connectivity index (χ4v) is 1.48. The predicted octanol–water partition coefficient (Wildman–Crippen LogP) is -0.992. The summed E-state index contributed by atoms with van der Waals surface area (Å²) in [6.07, 6.45) is 6.03. The Labute approximate surface area is 98.8 Å². The van der Waals surface area contributed by atoms with Gasteiger partial charge in [-0.25, -0.2) is 0 Å². The maximum absolute atomic E-state index is 11.2. The van der Waals surface area contributed by atoms with Crippen molar-refractivity contribution >= 4 is 11.9 Å². The Morgan fingerprint density at radius 3 is 2.71 bits per heavy atom. The Balaban J connectivity index is 2.69. The molecule has 1 aliphatic carbocycles. The van der Waals surface area contributed by atoms with Gasteiger partial charge < -0.3 is 21.3 Å². The number of amides is 1. The smallest absolute Gasteiger partial charge is 0.307 e. The maximum Gasteiger partial charge on any atom is 0.307 e. The second-order valence-electron chi connectivity index (χ2n) is 4.06. The van der Waals surface area contributed by atoms with Crippen molar-refractivity contribution in [2.24, 2.45) is 11.7 Å². The number of carbonyl (C=O) groups excluding carboxylic acids is 1. The van der Waals surface area contributed by atoms with E-state index in [0.29, 0.717) is 0 Å². The summed E-state index contributed by atoms with van der Waals surface area (Å²) in [7, 11) is 0. The molecule has 6 heteroatoms. The van der Waals surface area contributed by atoms with E-state index < -0.39 is 29.4 Å². The van der Waals surface area contributed by atoms with Gasteiger partial charge >= 0.3 is 5.97 Å². The van der Waals surface area contributed by atoms with Gasteiger partial charge in [-0.1, -0.05) is 25.2 Å². The van der Waals surface area contributed by atoms with Crippen molar-refractivity contribution in [3.63, 3.8) is 0 Å². The van der Waals surface area contributed by atoms with Gasteiger partial charge in [0.25, 0.3) is 5.91 Å². The summed E-state index contributed by atoms with van der Waals surface area (Å²) in [5, 5.41) is 21.6. The Bertz CT molecular complexity index is 378. The Hall–Kier alpha value is -1.66. The van der Waals surface area contributed by atoms with Crippen LogP contribution in [0.15, 0.2) is 24.3 Å². The van der Waals surface area contributed by atoms with E-state index in [-0.39, 0.29) is 6.54 Å². The average Bonchev–Trinajstić information content (AvgIpc) is 2.27. The van der Waals surface area contributed by atoms with Gasteiger partial charge in [0.05, 0.1) is 12.0 Å². The number of aliphatic hydroxyl groups is 1. The van der Waals surface area contributed by atoms with Crippen LogP contribution in [0.3, 0.4) is 0 Å². The van der Waals surface area contributed by atoms with Gasteiger partial charge in [0, 0.05) is 6.54 Å². The van der Waals surface area contributed by atoms with Crippen molar-refractivity contribution in [1.29, 1.82) is 0 Å². The maximum atomic E-state index is 11.2. The molecule has 0 fully saturated rings. The van der Waals surface area contributed by atoms with Crippen LogP contribution in [-0.2, 0) is 9.59 Å². The van der Waals surface area contributed by atoms with Gasteiger partial charge in [-0.05, 0) is 6.08 Å². The molecule has 0 saturated heterocycles. The number of carboxylic acids is 1. The summed E-state index contributed by atoms with van der Waals surface area (Å²) in [6.45, 7) is 1.66. The van der Waals surface area contributed by atoms with Gasteiger partial charge in [0.2, 0.25) is 0 Å². The number of nitrogens with two attached hydrogens (primary N) is 1. The highest BCUT2D eigenvalue weighted by Crippen LogP contribution is 2.18. The van der Waals surface area contributed by atoms with Gasteiger partial charge in [-0.2, -0.15) is 0 Å². The average molecular weight is 240 g/mol. The molecular formula is C11H16N2O4. The monoisotopic (exact) mass is 240 g/mol. The van der Waals surface area contributed by atoms with Crippen molar-refractivity contribution in [2.75, 3.05) is 6.54 Å². The molecule has 6 nitrogen and oxygen atoms in total. The van der Waals surface area contributed by atoms with E-state index in [0.717, 1.165) is 0 Å².